The summed E-state index contributed by atoms with van der Waals surface area (Å²) in [6.07, 6.45) is -0.476. The third kappa shape index (κ3) is 5.37. The summed E-state index contributed by atoms with van der Waals surface area (Å²) in [4.78, 5) is 26.1. The lowest BCUT2D eigenvalue weighted by Crippen LogP contribution is -2.52. The van der Waals surface area contributed by atoms with Gasteiger partial charge in [-0.3, -0.25) is 4.79 Å². The lowest BCUT2D eigenvalue weighted by Gasteiger charge is -2.37. The van der Waals surface area contributed by atoms with Crippen molar-refractivity contribution in [2.45, 2.75) is 33.3 Å². The summed E-state index contributed by atoms with van der Waals surface area (Å²) < 4.78 is 0. The number of carbonyl (C=O) groups excluding carboxylic acids is 1. The normalized spacial score (nSPS) is 14.9. The van der Waals surface area contributed by atoms with Crippen molar-refractivity contribution in [2.24, 2.45) is 5.92 Å². The summed E-state index contributed by atoms with van der Waals surface area (Å²) in [7, 11) is 0. The zero-order chi connectivity index (χ0) is 22.8. The summed E-state index contributed by atoms with van der Waals surface area (Å²) in [6, 6.07) is 13.1. The second-order valence-electron chi connectivity index (χ2n) is 8.87. The van der Waals surface area contributed by atoms with Gasteiger partial charge in [-0.25, -0.2) is 9.97 Å². The molecule has 0 radical (unpaired) electrons. The average molecular weight is 471 g/mol. The standard InChI is InChI=1S/C25H30N4O3.ClH/c1-16(2)14-22(31)25(32)29-12-10-28(11-13-29)24-18-9-8-17(3)15-20(18)26-23(27-24)19-6-4-5-7-21(19)30;/h4-9,15-16,22,30-31H,10-14H2,1-3H3;1H/t22-;/m1./s1. The monoisotopic (exact) mass is 470 g/mol. The summed E-state index contributed by atoms with van der Waals surface area (Å²) in [5.41, 5.74) is 2.50. The van der Waals surface area contributed by atoms with Crippen molar-refractivity contribution >= 4 is 35.0 Å². The van der Waals surface area contributed by atoms with Gasteiger partial charge >= 0.3 is 0 Å². The van der Waals surface area contributed by atoms with E-state index < -0.39 is 6.10 Å². The molecule has 4 rings (SSSR count). The number of hydrogen-bond donors (Lipinski definition) is 2. The second kappa shape index (κ2) is 10.4. The van der Waals surface area contributed by atoms with Crippen LogP contribution in [0.5, 0.6) is 5.75 Å². The van der Waals surface area contributed by atoms with Gasteiger partial charge < -0.3 is 20.0 Å². The van der Waals surface area contributed by atoms with Crippen LogP contribution >= 0.6 is 12.4 Å². The Morgan fingerprint density at radius 2 is 1.76 bits per heavy atom. The van der Waals surface area contributed by atoms with Gasteiger partial charge in [0.05, 0.1) is 11.1 Å². The number of carbonyl (C=O) groups is 1. The molecule has 2 N–H and O–H groups in total. The molecule has 3 aromatic rings. The Kier molecular flexibility index (Phi) is 7.76. The zero-order valence-corrected chi connectivity index (χ0v) is 20.0. The number of halogens is 1. The molecule has 1 aromatic heterocycles. The number of phenolic OH excluding ortho intramolecular Hbond substituents is 1. The van der Waals surface area contributed by atoms with Crippen molar-refractivity contribution in [2.75, 3.05) is 31.1 Å². The predicted molar refractivity (Wildman–Crippen MR) is 133 cm³/mol. The van der Waals surface area contributed by atoms with Gasteiger partial charge in [0, 0.05) is 31.6 Å². The fraction of sp³-hybridized carbons (Fsp3) is 0.400. The summed E-state index contributed by atoms with van der Waals surface area (Å²) in [5, 5.41) is 21.5. The quantitative estimate of drug-likeness (QED) is 0.589. The van der Waals surface area contributed by atoms with Crippen LogP contribution in [0, 0.1) is 12.8 Å². The Morgan fingerprint density at radius 3 is 2.42 bits per heavy atom. The highest BCUT2D eigenvalue weighted by molar-refractivity contribution is 5.92. The van der Waals surface area contributed by atoms with E-state index in [1.54, 1.807) is 17.0 Å². The number of anilines is 1. The summed E-state index contributed by atoms with van der Waals surface area (Å²) in [6.45, 7) is 8.29. The molecule has 1 atom stereocenters. The Morgan fingerprint density at radius 1 is 1.06 bits per heavy atom. The first-order chi connectivity index (χ1) is 15.3. The van der Waals surface area contributed by atoms with Gasteiger partial charge in [-0.1, -0.05) is 32.0 Å². The smallest absolute Gasteiger partial charge is 0.251 e. The molecule has 1 aliphatic heterocycles. The van der Waals surface area contributed by atoms with Gasteiger partial charge in [0.25, 0.3) is 5.91 Å². The van der Waals surface area contributed by atoms with Crippen molar-refractivity contribution in [3.05, 3.63) is 48.0 Å². The molecule has 0 unspecified atom stereocenters. The molecule has 1 aliphatic rings. The fourth-order valence-corrected chi connectivity index (χ4v) is 4.14. The number of nitrogens with zero attached hydrogens (tertiary/aromatic N) is 4. The number of rotatable bonds is 5. The first kappa shape index (κ1) is 24.7. The highest BCUT2D eigenvalue weighted by Gasteiger charge is 2.28. The number of fused-ring (bicyclic) bond motifs is 1. The second-order valence-corrected chi connectivity index (χ2v) is 8.87. The van der Waals surface area contributed by atoms with Gasteiger partial charge in [-0.05, 0) is 49.1 Å². The number of aromatic nitrogens is 2. The van der Waals surface area contributed by atoms with Crippen LogP contribution in [0.25, 0.3) is 22.3 Å². The number of aromatic hydroxyl groups is 1. The first-order valence-electron chi connectivity index (χ1n) is 11.1. The Hall–Kier alpha value is -2.90. The lowest BCUT2D eigenvalue weighted by molar-refractivity contribution is -0.141. The predicted octanol–water partition coefficient (Wildman–Crippen LogP) is 3.79. The van der Waals surface area contributed by atoms with Crippen LogP contribution in [0.1, 0.15) is 25.8 Å². The van der Waals surface area contributed by atoms with Crippen LogP contribution in [0.4, 0.5) is 5.82 Å². The zero-order valence-electron chi connectivity index (χ0n) is 19.2. The molecule has 8 heteroatoms. The Bertz CT molecular complexity index is 1130. The highest BCUT2D eigenvalue weighted by atomic mass is 35.5. The minimum Gasteiger partial charge on any atom is -0.507 e. The molecule has 2 heterocycles. The van der Waals surface area contributed by atoms with E-state index in [0.717, 1.165) is 22.3 Å². The van der Waals surface area contributed by atoms with E-state index in [1.807, 2.05) is 51.1 Å². The molecule has 0 spiro atoms. The van der Waals surface area contributed by atoms with Gasteiger partial charge in [0.15, 0.2) is 5.82 Å². The van der Waals surface area contributed by atoms with E-state index in [1.165, 1.54) is 0 Å². The average Bonchev–Trinajstić information content (AvgIpc) is 2.77. The number of aliphatic hydroxyl groups excluding tert-OH is 1. The van der Waals surface area contributed by atoms with Crippen LogP contribution in [-0.2, 0) is 4.79 Å². The fourth-order valence-electron chi connectivity index (χ4n) is 4.14. The van der Waals surface area contributed by atoms with E-state index in [4.69, 9.17) is 9.97 Å². The van der Waals surface area contributed by atoms with Crippen LogP contribution < -0.4 is 4.90 Å². The maximum Gasteiger partial charge on any atom is 0.251 e. The molecule has 1 amide bonds. The van der Waals surface area contributed by atoms with Gasteiger partial charge in [-0.2, -0.15) is 0 Å². The summed E-state index contributed by atoms with van der Waals surface area (Å²) in [5.74, 6) is 1.47. The molecule has 2 aromatic carbocycles. The van der Waals surface area contributed by atoms with E-state index >= 15 is 0 Å². The van der Waals surface area contributed by atoms with E-state index in [0.29, 0.717) is 44.0 Å². The minimum absolute atomic E-state index is 0. The number of amides is 1. The first-order valence-corrected chi connectivity index (χ1v) is 11.1. The van der Waals surface area contributed by atoms with Crippen LogP contribution in [0.2, 0.25) is 0 Å². The third-order valence-electron chi connectivity index (χ3n) is 5.85. The molecule has 176 valence electrons. The largest absolute Gasteiger partial charge is 0.507 e. The Labute approximate surface area is 200 Å². The topological polar surface area (TPSA) is 89.8 Å². The minimum atomic E-state index is -0.947. The van der Waals surface area contributed by atoms with Crippen molar-refractivity contribution < 1.29 is 15.0 Å². The van der Waals surface area contributed by atoms with E-state index in [2.05, 4.69) is 4.90 Å². The van der Waals surface area contributed by atoms with E-state index in [-0.39, 0.29) is 30.0 Å². The number of hydrogen-bond acceptors (Lipinski definition) is 6. The summed E-state index contributed by atoms with van der Waals surface area (Å²) >= 11 is 0. The number of phenols is 1. The molecular formula is C25H31ClN4O3. The molecule has 0 aliphatic carbocycles. The molecule has 0 saturated carbocycles. The van der Waals surface area contributed by atoms with Gasteiger partial charge in [-0.15, -0.1) is 12.4 Å². The molecule has 33 heavy (non-hydrogen) atoms. The van der Waals surface area contributed by atoms with Crippen LogP contribution in [0.15, 0.2) is 42.5 Å². The molecule has 1 saturated heterocycles. The number of para-hydroxylation sites is 1. The Balaban J connectivity index is 0.00000306. The maximum absolute atomic E-state index is 12.6. The van der Waals surface area contributed by atoms with Crippen LogP contribution in [0.3, 0.4) is 0 Å². The molecular weight excluding hydrogens is 440 g/mol. The highest BCUT2D eigenvalue weighted by Crippen LogP contribution is 2.32. The molecule has 0 bridgehead atoms. The van der Waals surface area contributed by atoms with Gasteiger partial charge in [0.1, 0.15) is 17.7 Å². The number of aliphatic hydroxyl groups is 1. The SMILES string of the molecule is Cc1ccc2c(N3CCN(C(=O)[C@H](O)CC(C)C)CC3)nc(-c3ccccc3O)nc2c1.Cl. The molecule has 1 fully saturated rings. The number of benzene rings is 2. The molecule has 7 nitrogen and oxygen atoms in total. The van der Waals surface area contributed by atoms with Gasteiger partial charge in [0.2, 0.25) is 0 Å². The van der Waals surface area contributed by atoms with Crippen LogP contribution in [-0.4, -0.2) is 63.3 Å². The van der Waals surface area contributed by atoms with Crippen molar-refractivity contribution in [3.8, 4) is 17.1 Å². The number of piperazine rings is 1. The van der Waals surface area contributed by atoms with E-state index in [9.17, 15) is 15.0 Å². The third-order valence-corrected chi connectivity index (χ3v) is 5.85. The lowest BCUT2D eigenvalue weighted by atomic mass is 10.0. The van der Waals surface area contributed by atoms with Crippen molar-refractivity contribution in [1.82, 2.24) is 14.9 Å². The maximum atomic E-state index is 12.6. The van der Waals surface area contributed by atoms with Crippen molar-refractivity contribution in [3.63, 3.8) is 0 Å². The number of aryl methyl sites for hydroxylation is 1. The van der Waals surface area contributed by atoms with Crippen molar-refractivity contribution in [1.29, 1.82) is 0 Å².